The molecule has 10 aromatic rings. The van der Waals surface area contributed by atoms with Gasteiger partial charge >= 0.3 is 78.1 Å². The summed E-state index contributed by atoms with van der Waals surface area (Å²) < 4.78 is 355. The van der Waals surface area contributed by atoms with Crippen molar-refractivity contribution in [3.8, 4) is 22.6 Å². The van der Waals surface area contributed by atoms with E-state index < -0.39 is 216 Å². The summed E-state index contributed by atoms with van der Waals surface area (Å²) in [5, 5.41) is 4.92. The number of furan rings is 2. The first-order chi connectivity index (χ1) is 40.6. The molecule has 0 bridgehead atoms. The van der Waals surface area contributed by atoms with Crippen LogP contribution in [0.4, 0.5) is 105 Å². The SMILES string of the molecule is FC(F)(F)c1cc([B-](c2cc(C(F)(F)F)cc(C(F)(F)F)c2)(c2cc(C(F)(F)F)cc(C(F)(F)F)c2)c2cc(C(F)(F)F)cc(C(F)(F)F)c2)cc(C(F)(F)F)c1.c1ccc2cc(-c3ccc([I+]c4ccc(-c5ccc6ccccc6c5)o4)o3)ccc2c1. The van der Waals surface area contributed by atoms with Gasteiger partial charge in [0, 0.05) is 23.3 Å². The number of hydrogen-bond acceptors (Lipinski definition) is 2. The van der Waals surface area contributed by atoms with Gasteiger partial charge in [-0.25, -0.2) is 0 Å². The fourth-order valence-corrected chi connectivity index (χ4v) is 11.8. The van der Waals surface area contributed by atoms with Crippen LogP contribution in [0.1, 0.15) is 44.5 Å². The van der Waals surface area contributed by atoms with E-state index in [1.807, 2.05) is 0 Å². The molecule has 88 heavy (non-hydrogen) atoms. The molecule has 0 radical (unpaired) electrons. The summed E-state index contributed by atoms with van der Waals surface area (Å²) in [6.07, 6.45) is -54.8. The molecule has 8 aromatic carbocycles. The highest BCUT2D eigenvalue weighted by atomic mass is 127. The molecule has 460 valence electrons. The van der Waals surface area contributed by atoms with Crippen molar-refractivity contribution in [2.24, 2.45) is 0 Å². The van der Waals surface area contributed by atoms with Gasteiger partial charge in [-0.2, -0.15) is 127 Å². The van der Waals surface area contributed by atoms with Crippen molar-refractivity contribution in [1.29, 1.82) is 0 Å². The van der Waals surface area contributed by atoms with Gasteiger partial charge in [0.05, 0.1) is 44.5 Å². The fraction of sp³-hybridized carbons (Fsp3) is 0.133. The third kappa shape index (κ3) is 13.9. The van der Waals surface area contributed by atoms with Gasteiger partial charge in [0.1, 0.15) is 17.7 Å². The maximum atomic E-state index is 14.2. The van der Waals surface area contributed by atoms with E-state index in [-0.39, 0.29) is 0 Å². The zero-order valence-electron chi connectivity index (χ0n) is 43.2. The first-order valence-corrected chi connectivity index (χ1v) is 26.9. The number of benzene rings is 8. The van der Waals surface area contributed by atoms with Crippen LogP contribution in [0.3, 0.4) is 0 Å². The molecule has 0 amide bonds. The third-order valence-electron chi connectivity index (χ3n) is 13.8. The minimum Gasteiger partial charge on any atom is -0.418 e. The Morgan fingerprint density at radius 2 is 0.466 bits per heavy atom. The molecule has 2 aromatic heterocycles. The number of rotatable bonds is 8. The molecule has 0 fully saturated rings. The van der Waals surface area contributed by atoms with Crippen LogP contribution in [-0.4, -0.2) is 6.15 Å². The van der Waals surface area contributed by atoms with E-state index in [1.54, 1.807) is 0 Å². The van der Waals surface area contributed by atoms with Crippen LogP contribution >= 0.6 is 0 Å². The molecule has 2 nitrogen and oxygen atoms in total. The zero-order valence-corrected chi connectivity index (χ0v) is 45.3. The summed E-state index contributed by atoms with van der Waals surface area (Å²) in [5.41, 5.74) is -28.0. The molecule has 28 heteroatoms. The van der Waals surface area contributed by atoms with Crippen LogP contribution in [-0.2, 0) is 49.4 Å². The average molecular weight is 1380 g/mol. The second-order valence-electron chi connectivity index (χ2n) is 19.6. The molecular formula is C60H30BF24IO2. The predicted molar refractivity (Wildman–Crippen MR) is 271 cm³/mol. The van der Waals surface area contributed by atoms with Crippen LogP contribution in [0, 0.1) is 7.53 Å². The Hall–Kier alpha value is -8.05. The summed E-state index contributed by atoms with van der Waals surface area (Å²) >= 11 is -0.517. The Kier molecular flexibility index (Phi) is 16.7. The van der Waals surface area contributed by atoms with E-state index in [1.165, 1.54) is 21.5 Å². The molecular weight excluding hydrogens is 1350 g/mol. The van der Waals surface area contributed by atoms with Gasteiger partial charge in [-0.3, -0.25) is 0 Å². The van der Waals surface area contributed by atoms with Crippen LogP contribution < -0.4 is 43.1 Å². The van der Waals surface area contributed by atoms with Gasteiger partial charge in [-0.1, -0.05) is 121 Å². The monoisotopic (exact) mass is 1380 g/mol. The lowest BCUT2D eigenvalue weighted by Gasteiger charge is -2.46. The molecule has 0 saturated heterocycles. The van der Waals surface area contributed by atoms with Gasteiger partial charge in [0.15, 0.2) is 0 Å². The Morgan fingerprint density at radius 3 is 0.693 bits per heavy atom. The van der Waals surface area contributed by atoms with Crippen molar-refractivity contribution in [2.45, 2.75) is 49.4 Å². The summed E-state index contributed by atoms with van der Waals surface area (Å²) in [6, 6.07) is 29.1. The Balaban J connectivity index is 0.000000246. The van der Waals surface area contributed by atoms with Crippen molar-refractivity contribution in [2.75, 3.05) is 0 Å². The van der Waals surface area contributed by atoms with E-state index in [2.05, 4.69) is 109 Å². The van der Waals surface area contributed by atoms with Gasteiger partial charge in [-0.05, 0) is 70.1 Å². The number of alkyl halides is 24. The largest absolute Gasteiger partial charge is 0.443 e. The van der Waals surface area contributed by atoms with Crippen LogP contribution in [0.15, 0.2) is 191 Å². The maximum Gasteiger partial charge on any atom is 0.443 e. The zero-order chi connectivity index (χ0) is 64.5. The predicted octanol–water partition coefficient (Wildman–Crippen LogP) is 15.9. The number of halogens is 25. The molecule has 0 unspecified atom stereocenters. The molecule has 0 atom stereocenters. The van der Waals surface area contributed by atoms with Crippen molar-refractivity contribution < 1.29 is 135 Å². The van der Waals surface area contributed by atoms with Gasteiger partial charge in [0.2, 0.25) is 0 Å². The first-order valence-electron chi connectivity index (χ1n) is 24.8. The van der Waals surface area contributed by atoms with Gasteiger partial charge in [0.25, 0.3) is 0 Å². The van der Waals surface area contributed by atoms with Crippen molar-refractivity contribution in [3.05, 3.63) is 234 Å². The van der Waals surface area contributed by atoms with Crippen LogP contribution in [0.5, 0.6) is 0 Å². The van der Waals surface area contributed by atoms with Crippen LogP contribution in [0.25, 0.3) is 44.2 Å². The Bertz CT molecular complexity index is 3660. The van der Waals surface area contributed by atoms with E-state index in [4.69, 9.17) is 8.83 Å². The highest BCUT2D eigenvalue weighted by Gasteiger charge is 2.47. The normalized spacial score (nSPS) is 13.3. The standard InChI is InChI=1S/C32H12BF24.C28H18IO2/c34-25(35,36)13-1-14(26(37,38)39)6-21(5-13)33(22-7-15(27(40,41)42)2-16(8-22)28(43,44)45,23-9-17(29(46,47)48)3-18(10-23)30(49,50)51)24-11-19(31(52,53)54)4-20(12-24)32(55,56)57;1-3-7-21-17-23(11-9-19(21)5-1)25-13-15-27(30-25)29-28-16-14-26(31-28)24-12-10-20-6-2-4-8-22(20)18-24/h1-12H;1-18H/q-1;+1. The van der Waals surface area contributed by atoms with E-state index in [9.17, 15) is 105 Å². The van der Waals surface area contributed by atoms with Crippen molar-refractivity contribution in [1.82, 2.24) is 0 Å². The topological polar surface area (TPSA) is 26.3 Å². The Labute approximate surface area is 489 Å². The minimum absolute atomic E-state index is 0.517. The lowest BCUT2D eigenvalue weighted by atomic mass is 9.12. The summed E-state index contributed by atoms with van der Waals surface area (Å²) in [4.78, 5) is 0. The van der Waals surface area contributed by atoms with Crippen molar-refractivity contribution in [3.63, 3.8) is 0 Å². The van der Waals surface area contributed by atoms with E-state index in [0.29, 0.717) is 0 Å². The molecule has 0 saturated carbocycles. The Morgan fingerprint density at radius 1 is 0.239 bits per heavy atom. The quantitative estimate of drug-likeness (QED) is 0.0861. The van der Waals surface area contributed by atoms with Gasteiger partial charge in [-0.15, -0.1) is 0 Å². The molecule has 10 rings (SSSR count). The molecule has 0 spiro atoms. The van der Waals surface area contributed by atoms with E-state index >= 15 is 0 Å². The van der Waals surface area contributed by atoms with Crippen molar-refractivity contribution >= 4 is 49.5 Å². The second kappa shape index (κ2) is 22.8. The molecule has 0 aliphatic rings. The molecule has 0 aliphatic carbocycles. The smallest absolute Gasteiger partial charge is 0.418 e. The first kappa shape index (κ1) is 64.4. The summed E-state index contributed by atoms with van der Waals surface area (Å²) in [5.74, 6) is 1.81. The van der Waals surface area contributed by atoms with Crippen LogP contribution in [0.2, 0.25) is 0 Å². The molecule has 2 heterocycles. The second-order valence-corrected chi connectivity index (χ2v) is 22.3. The molecule has 0 N–H and O–H groups in total. The fourth-order valence-electron chi connectivity index (χ4n) is 9.89. The summed E-state index contributed by atoms with van der Waals surface area (Å²) in [6.45, 7) is 0. The highest BCUT2D eigenvalue weighted by Crippen LogP contribution is 2.42. The lowest BCUT2D eigenvalue weighted by molar-refractivity contribution is -0.635. The third-order valence-corrected chi connectivity index (χ3v) is 16.1. The lowest BCUT2D eigenvalue weighted by Crippen LogP contribution is -3.61. The summed E-state index contributed by atoms with van der Waals surface area (Å²) in [7, 11) is 0. The highest BCUT2D eigenvalue weighted by molar-refractivity contribution is 7.20. The number of fused-ring (bicyclic) bond motifs is 2. The maximum absolute atomic E-state index is 14.2. The molecule has 0 aliphatic heterocycles. The van der Waals surface area contributed by atoms with E-state index in [0.717, 1.165) is 30.2 Å². The minimum atomic E-state index is -6.13. The number of hydrogen-bond donors (Lipinski definition) is 0. The average Bonchev–Trinajstić information content (AvgIpc) is 1.52. The van der Waals surface area contributed by atoms with Gasteiger partial charge < -0.3 is 8.83 Å².